The van der Waals surface area contributed by atoms with Gasteiger partial charge in [-0.2, -0.15) is 0 Å². The standard InChI is InChI=1S/C20H23NO3/c1-3-4-15-24-19-10-5-16(6-11-19)7-14-20(22)21-17-8-12-18(23-2)13-9-17/h5-14H,3-4,15H2,1-2H3,(H,21,22). The molecule has 126 valence electrons. The predicted octanol–water partition coefficient (Wildman–Crippen LogP) is 4.53. The van der Waals surface area contributed by atoms with Crippen LogP contribution in [0.25, 0.3) is 6.08 Å². The lowest BCUT2D eigenvalue weighted by atomic mass is 10.2. The zero-order chi connectivity index (χ0) is 17.2. The number of ether oxygens (including phenoxy) is 2. The highest BCUT2D eigenvalue weighted by Crippen LogP contribution is 2.16. The molecule has 0 heterocycles. The van der Waals surface area contributed by atoms with E-state index in [1.807, 2.05) is 24.3 Å². The fraction of sp³-hybridized carbons (Fsp3) is 0.250. The lowest BCUT2D eigenvalue weighted by Crippen LogP contribution is -2.07. The average molecular weight is 325 g/mol. The molecule has 0 saturated carbocycles. The summed E-state index contributed by atoms with van der Waals surface area (Å²) in [5.41, 5.74) is 1.67. The van der Waals surface area contributed by atoms with Gasteiger partial charge in [0, 0.05) is 11.8 Å². The van der Waals surface area contributed by atoms with E-state index in [4.69, 9.17) is 9.47 Å². The number of hydrogen-bond acceptors (Lipinski definition) is 3. The Morgan fingerprint density at radius 2 is 1.71 bits per heavy atom. The van der Waals surface area contributed by atoms with E-state index < -0.39 is 0 Å². The molecule has 0 aliphatic carbocycles. The van der Waals surface area contributed by atoms with Gasteiger partial charge in [-0.15, -0.1) is 0 Å². The van der Waals surface area contributed by atoms with Crippen molar-refractivity contribution in [1.29, 1.82) is 0 Å². The van der Waals surface area contributed by atoms with Crippen molar-refractivity contribution in [2.75, 3.05) is 19.0 Å². The van der Waals surface area contributed by atoms with Crippen molar-refractivity contribution < 1.29 is 14.3 Å². The van der Waals surface area contributed by atoms with Gasteiger partial charge in [0.2, 0.25) is 5.91 Å². The van der Waals surface area contributed by atoms with E-state index in [2.05, 4.69) is 12.2 Å². The predicted molar refractivity (Wildman–Crippen MR) is 97.5 cm³/mol. The molecule has 2 aromatic rings. The molecule has 0 unspecified atom stereocenters. The molecule has 0 atom stereocenters. The Labute approximate surface area is 143 Å². The van der Waals surface area contributed by atoms with Crippen LogP contribution in [0.2, 0.25) is 0 Å². The summed E-state index contributed by atoms with van der Waals surface area (Å²) in [5.74, 6) is 1.43. The fourth-order valence-electron chi connectivity index (χ4n) is 2.04. The molecular weight excluding hydrogens is 302 g/mol. The van der Waals surface area contributed by atoms with Crippen molar-refractivity contribution in [2.24, 2.45) is 0 Å². The summed E-state index contributed by atoms with van der Waals surface area (Å²) < 4.78 is 10.7. The second kappa shape index (κ2) is 9.40. The molecule has 0 fully saturated rings. The Morgan fingerprint density at radius 3 is 2.33 bits per heavy atom. The molecule has 0 aromatic heterocycles. The van der Waals surface area contributed by atoms with E-state index >= 15 is 0 Å². The first kappa shape index (κ1) is 17.6. The Morgan fingerprint density at radius 1 is 1.04 bits per heavy atom. The first-order chi connectivity index (χ1) is 11.7. The van der Waals surface area contributed by atoms with E-state index in [0.717, 1.165) is 42.2 Å². The second-order valence-corrected chi connectivity index (χ2v) is 5.32. The van der Waals surface area contributed by atoms with Crippen LogP contribution in [0.1, 0.15) is 25.3 Å². The van der Waals surface area contributed by atoms with Gasteiger partial charge in [-0.1, -0.05) is 25.5 Å². The van der Waals surface area contributed by atoms with Crippen molar-refractivity contribution in [3.05, 3.63) is 60.2 Å². The molecule has 24 heavy (non-hydrogen) atoms. The number of anilines is 1. The second-order valence-electron chi connectivity index (χ2n) is 5.32. The maximum absolute atomic E-state index is 11.9. The van der Waals surface area contributed by atoms with Gasteiger partial charge in [-0.05, 0) is 54.5 Å². The number of benzene rings is 2. The molecule has 2 aromatic carbocycles. The highest BCUT2D eigenvalue weighted by molar-refractivity contribution is 6.01. The molecule has 0 spiro atoms. The third-order valence-corrected chi connectivity index (χ3v) is 3.43. The number of carbonyl (C=O) groups excluding carboxylic acids is 1. The van der Waals surface area contributed by atoms with Crippen molar-refractivity contribution in [2.45, 2.75) is 19.8 Å². The van der Waals surface area contributed by atoms with Crippen molar-refractivity contribution in [3.63, 3.8) is 0 Å². The van der Waals surface area contributed by atoms with Crippen LogP contribution in [0.5, 0.6) is 11.5 Å². The molecule has 1 amide bonds. The summed E-state index contributed by atoms with van der Waals surface area (Å²) in [5, 5.41) is 2.80. The molecule has 0 aliphatic heterocycles. The third kappa shape index (κ3) is 5.80. The molecular formula is C20H23NO3. The van der Waals surface area contributed by atoms with Gasteiger partial charge >= 0.3 is 0 Å². The number of methoxy groups -OCH3 is 1. The minimum atomic E-state index is -0.177. The van der Waals surface area contributed by atoms with Gasteiger partial charge in [0.05, 0.1) is 13.7 Å². The van der Waals surface area contributed by atoms with Crippen LogP contribution < -0.4 is 14.8 Å². The molecule has 4 nitrogen and oxygen atoms in total. The fourth-order valence-corrected chi connectivity index (χ4v) is 2.04. The van der Waals surface area contributed by atoms with E-state index in [0.29, 0.717) is 0 Å². The Hall–Kier alpha value is -2.75. The molecule has 0 aliphatic rings. The molecule has 2 rings (SSSR count). The zero-order valence-electron chi connectivity index (χ0n) is 14.1. The Kier molecular flexibility index (Phi) is 6.90. The number of rotatable bonds is 8. The van der Waals surface area contributed by atoms with Crippen LogP contribution in [0, 0.1) is 0 Å². The van der Waals surface area contributed by atoms with Crippen LogP contribution >= 0.6 is 0 Å². The van der Waals surface area contributed by atoms with Crippen molar-refractivity contribution in [3.8, 4) is 11.5 Å². The first-order valence-electron chi connectivity index (χ1n) is 8.07. The summed E-state index contributed by atoms with van der Waals surface area (Å²) in [7, 11) is 1.61. The van der Waals surface area contributed by atoms with Crippen LogP contribution in [0.4, 0.5) is 5.69 Å². The minimum absolute atomic E-state index is 0.177. The highest BCUT2D eigenvalue weighted by atomic mass is 16.5. The van der Waals surface area contributed by atoms with E-state index in [9.17, 15) is 4.79 Å². The summed E-state index contributed by atoms with van der Waals surface area (Å²) in [4.78, 5) is 11.9. The smallest absolute Gasteiger partial charge is 0.248 e. The lowest BCUT2D eigenvalue weighted by Gasteiger charge is -2.05. The highest BCUT2D eigenvalue weighted by Gasteiger charge is 1.99. The summed E-state index contributed by atoms with van der Waals surface area (Å²) in [6.07, 6.45) is 5.45. The van der Waals surface area contributed by atoms with E-state index in [-0.39, 0.29) is 5.91 Å². The SMILES string of the molecule is CCCCOc1ccc(C=CC(=O)Nc2ccc(OC)cc2)cc1. The molecule has 4 heteroatoms. The summed E-state index contributed by atoms with van der Waals surface area (Å²) >= 11 is 0. The summed E-state index contributed by atoms with van der Waals surface area (Å²) in [6.45, 7) is 2.87. The quantitative estimate of drug-likeness (QED) is 0.573. The topological polar surface area (TPSA) is 47.6 Å². The van der Waals surface area contributed by atoms with Crippen molar-refractivity contribution >= 4 is 17.7 Å². The maximum atomic E-state index is 11.9. The van der Waals surface area contributed by atoms with Gasteiger partial charge in [0.25, 0.3) is 0 Å². The van der Waals surface area contributed by atoms with Crippen LogP contribution in [-0.2, 0) is 4.79 Å². The van der Waals surface area contributed by atoms with Crippen LogP contribution in [0.15, 0.2) is 54.6 Å². The molecule has 1 N–H and O–H groups in total. The van der Waals surface area contributed by atoms with Gasteiger partial charge in [0.1, 0.15) is 11.5 Å². The molecule has 0 saturated heterocycles. The minimum Gasteiger partial charge on any atom is -0.497 e. The van der Waals surface area contributed by atoms with Crippen molar-refractivity contribution in [1.82, 2.24) is 0 Å². The van der Waals surface area contributed by atoms with E-state index in [1.165, 1.54) is 6.08 Å². The number of unbranched alkanes of at least 4 members (excludes halogenated alkanes) is 1. The van der Waals surface area contributed by atoms with E-state index in [1.54, 1.807) is 37.5 Å². The number of carbonyl (C=O) groups is 1. The lowest BCUT2D eigenvalue weighted by molar-refractivity contribution is -0.111. The summed E-state index contributed by atoms with van der Waals surface area (Å²) in [6, 6.07) is 14.9. The van der Waals surface area contributed by atoms with Gasteiger partial charge < -0.3 is 14.8 Å². The first-order valence-corrected chi connectivity index (χ1v) is 8.07. The third-order valence-electron chi connectivity index (χ3n) is 3.43. The Balaban J connectivity index is 1.86. The van der Waals surface area contributed by atoms with Gasteiger partial charge in [0.15, 0.2) is 0 Å². The molecule has 0 radical (unpaired) electrons. The zero-order valence-corrected chi connectivity index (χ0v) is 14.1. The number of nitrogens with one attached hydrogen (secondary N) is 1. The van der Waals surface area contributed by atoms with Crippen LogP contribution in [-0.4, -0.2) is 19.6 Å². The number of amides is 1. The van der Waals surface area contributed by atoms with Gasteiger partial charge in [-0.3, -0.25) is 4.79 Å². The average Bonchev–Trinajstić information content (AvgIpc) is 2.62. The Bertz CT molecular complexity index is 660. The van der Waals surface area contributed by atoms with Crippen LogP contribution in [0.3, 0.4) is 0 Å². The number of hydrogen-bond donors (Lipinski definition) is 1. The normalized spacial score (nSPS) is 10.6. The molecule has 0 bridgehead atoms. The maximum Gasteiger partial charge on any atom is 0.248 e. The van der Waals surface area contributed by atoms with Gasteiger partial charge in [-0.25, -0.2) is 0 Å². The largest absolute Gasteiger partial charge is 0.497 e. The monoisotopic (exact) mass is 325 g/mol.